The highest BCUT2D eigenvalue weighted by atomic mass is 19.1. The fourth-order valence-corrected chi connectivity index (χ4v) is 3.29. The Labute approximate surface area is 127 Å². The minimum absolute atomic E-state index is 0.242. The average Bonchev–Trinajstić information content (AvgIpc) is 2.92. The third-order valence-electron chi connectivity index (χ3n) is 4.59. The first-order valence-corrected chi connectivity index (χ1v) is 7.95. The molecule has 1 unspecified atom stereocenters. The van der Waals surface area contributed by atoms with E-state index in [4.69, 9.17) is 0 Å². The molecule has 0 spiro atoms. The van der Waals surface area contributed by atoms with Crippen LogP contribution in [-0.2, 0) is 0 Å². The molecule has 4 heteroatoms. The quantitative estimate of drug-likeness (QED) is 0.904. The molecule has 21 heavy (non-hydrogen) atoms. The molecular formula is C17H27FN2O. The van der Waals surface area contributed by atoms with Crippen LogP contribution in [0.4, 0.5) is 10.1 Å². The second kappa shape index (κ2) is 6.75. The molecule has 1 aliphatic heterocycles. The Bertz CT molecular complexity index is 486. The van der Waals surface area contributed by atoms with Gasteiger partial charge in [0.2, 0.25) is 0 Å². The molecule has 1 saturated heterocycles. The van der Waals surface area contributed by atoms with Crippen molar-refractivity contribution in [2.45, 2.75) is 46.3 Å². The van der Waals surface area contributed by atoms with E-state index in [1.165, 1.54) is 6.07 Å². The Hall–Kier alpha value is -1.13. The Kier molecular flexibility index (Phi) is 5.22. The van der Waals surface area contributed by atoms with Crippen molar-refractivity contribution in [2.75, 3.05) is 31.1 Å². The first-order valence-electron chi connectivity index (χ1n) is 7.95. The van der Waals surface area contributed by atoms with Crippen LogP contribution in [0.5, 0.6) is 0 Å². The van der Waals surface area contributed by atoms with Gasteiger partial charge in [0.1, 0.15) is 5.82 Å². The monoisotopic (exact) mass is 294 g/mol. The molecule has 0 saturated carbocycles. The summed E-state index contributed by atoms with van der Waals surface area (Å²) in [5, 5.41) is 9.94. The minimum atomic E-state index is -0.650. The molecule has 0 amide bonds. The fraction of sp³-hybridized carbons (Fsp3) is 0.647. The fourth-order valence-electron chi connectivity index (χ4n) is 3.29. The zero-order valence-electron chi connectivity index (χ0n) is 13.6. The van der Waals surface area contributed by atoms with Gasteiger partial charge in [0.15, 0.2) is 0 Å². The van der Waals surface area contributed by atoms with Gasteiger partial charge in [-0.3, -0.25) is 4.90 Å². The van der Waals surface area contributed by atoms with Crippen molar-refractivity contribution < 1.29 is 9.50 Å². The minimum Gasteiger partial charge on any atom is -0.389 e. The number of aryl methyl sites for hydroxylation is 1. The highest BCUT2D eigenvalue weighted by Crippen LogP contribution is 2.32. The second-order valence-electron chi connectivity index (χ2n) is 5.95. The number of aliphatic hydroxyl groups excluding tert-OH is 1. The number of hydrogen-bond acceptors (Lipinski definition) is 3. The maximum absolute atomic E-state index is 13.8. The molecule has 1 aromatic carbocycles. The maximum atomic E-state index is 13.8. The van der Waals surface area contributed by atoms with Gasteiger partial charge in [0, 0.05) is 30.4 Å². The van der Waals surface area contributed by atoms with E-state index in [1.807, 2.05) is 6.07 Å². The maximum Gasteiger partial charge on any atom is 0.126 e. The van der Waals surface area contributed by atoms with Crippen LogP contribution >= 0.6 is 0 Å². The molecule has 0 radical (unpaired) electrons. The zero-order valence-corrected chi connectivity index (χ0v) is 13.6. The van der Waals surface area contributed by atoms with Gasteiger partial charge in [-0.1, -0.05) is 13.8 Å². The first-order chi connectivity index (χ1) is 9.97. The van der Waals surface area contributed by atoms with Crippen LogP contribution in [0.3, 0.4) is 0 Å². The molecule has 2 rings (SSSR count). The predicted octanol–water partition coefficient (Wildman–Crippen LogP) is 3.11. The molecule has 0 bridgehead atoms. The van der Waals surface area contributed by atoms with Crippen molar-refractivity contribution >= 4 is 5.69 Å². The van der Waals surface area contributed by atoms with E-state index in [1.54, 1.807) is 13.8 Å². The van der Waals surface area contributed by atoms with E-state index in [9.17, 15) is 9.50 Å². The largest absolute Gasteiger partial charge is 0.389 e. The lowest BCUT2D eigenvalue weighted by molar-refractivity contribution is 0.199. The van der Waals surface area contributed by atoms with Gasteiger partial charge in [-0.05, 0) is 51.1 Å². The lowest BCUT2D eigenvalue weighted by Crippen LogP contribution is -2.37. The number of hydrogen-bond donors (Lipinski definition) is 1. The lowest BCUT2D eigenvalue weighted by atomic mass is 10.0. The molecule has 118 valence electrons. The summed E-state index contributed by atoms with van der Waals surface area (Å²) < 4.78 is 13.8. The molecule has 1 fully saturated rings. The Morgan fingerprint density at radius 2 is 2.05 bits per heavy atom. The lowest BCUT2D eigenvalue weighted by Gasteiger charge is -2.28. The van der Waals surface area contributed by atoms with Crippen LogP contribution in [0.2, 0.25) is 0 Å². The third kappa shape index (κ3) is 3.38. The van der Waals surface area contributed by atoms with Crippen molar-refractivity contribution in [3.8, 4) is 0 Å². The number of anilines is 1. The predicted molar refractivity (Wildman–Crippen MR) is 85.3 cm³/mol. The SMILES string of the molecule is CCN(CC)C1CCN(c2cc(C)c(F)cc2[C@@H](C)O)C1. The number of aliphatic hydroxyl groups is 1. The van der Waals surface area contributed by atoms with Crippen molar-refractivity contribution in [1.82, 2.24) is 4.90 Å². The van der Waals surface area contributed by atoms with E-state index >= 15 is 0 Å². The van der Waals surface area contributed by atoms with Crippen molar-refractivity contribution in [3.63, 3.8) is 0 Å². The summed E-state index contributed by atoms with van der Waals surface area (Å²) in [4.78, 5) is 4.76. The smallest absolute Gasteiger partial charge is 0.126 e. The summed E-state index contributed by atoms with van der Waals surface area (Å²) >= 11 is 0. The highest BCUT2D eigenvalue weighted by Gasteiger charge is 2.28. The molecule has 1 heterocycles. The van der Waals surface area contributed by atoms with Crippen LogP contribution < -0.4 is 4.90 Å². The van der Waals surface area contributed by atoms with E-state index in [-0.39, 0.29) is 5.82 Å². The van der Waals surface area contributed by atoms with Gasteiger partial charge in [-0.2, -0.15) is 0 Å². The van der Waals surface area contributed by atoms with Crippen LogP contribution in [0, 0.1) is 12.7 Å². The number of benzene rings is 1. The normalized spacial score (nSPS) is 20.3. The van der Waals surface area contributed by atoms with Crippen LogP contribution in [0.25, 0.3) is 0 Å². The molecule has 1 aliphatic rings. The van der Waals surface area contributed by atoms with Crippen LogP contribution in [0.1, 0.15) is 44.4 Å². The second-order valence-corrected chi connectivity index (χ2v) is 5.95. The van der Waals surface area contributed by atoms with Gasteiger partial charge in [-0.25, -0.2) is 4.39 Å². The third-order valence-corrected chi connectivity index (χ3v) is 4.59. The summed E-state index contributed by atoms with van der Waals surface area (Å²) in [6, 6.07) is 3.91. The number of halogens is 1. The molecule has 3 nitrogen and oxygen atoms in total. The van der Waals surface area contributed by atoms with Gasteiger partial charge < -0.3 is 10.0 Å². The van der Waals surface area contributed by atoms with Gasteiger partial charge in [-0.15, -0.1) is 0 Å². The van der Waals surface area contributed by atoms with Gasteiger partial charge in [0.25, 0.3) is 0 Å². The summed E-state index contributed by atoms with van der Waals surface area (Å²) in [5.41, 5.74) is 2.32. The number of likely N-dealkylation sites (N-methyl/N-ethyl adjacent to an activating group) is 1. The first kappa shape index (κ1) is 16.2. The van der Waals surface area contributed by atoms with Crippen LogP contribution in [-0.4, -0.2) is 42.2 Å². The summed E-state index contributed by atoms with van der Waals surface area (Å²) in [7, 11) is 0. The summed E-state index contributed by atoms with van der Waals surface area (Å²) in [5.74, 6) is -0.242. The molecule has 0 aliphatic carbocycles. The summed E-state index contributed by atoms with van der Waals surface area (Å²) in [6.07, 6.45) is 0.472. The number of rotatable bonds is 5. The molecular weight excluding hydrogens is 267 g/mol. The molecule has 0 aromatic heterocycles. The van der Waals surface area contributed by atoms with Crippen molar-refractivity contribution in [1.29, 1.82) is 0 Å². The van der Waals surface area contributed by atoms with Crippen LogP contribution in [0.15, 0.2) is 12.1 Å². The zero-order chi connectivity index (χ0) is 15.6. The van der Waals surface area contributed by atoms with E-state index in [0.29, 0.717) is 17.2 Å². The standard InChI is InChI=1S/C17H27FN2O/c1-5-19(6-2)14-7-8-20(11-14)17-9-12(3)16(18)10-15(17)13(4)21/h9-10,13-14,21H,5-8,11H2,1-4H3/t13-,14?/m1/s1. The van der Waals surface area contributed by atoms with Gasteiger partial charge in [0.05, 0.1) is 6.10 Å². The van der Waals surface area contributed by atoms with E-state index in [2.05, 4.69) is 23.6 Å². The molecule has 1 aromatic rings. The Morgan fingerprint density at radius 1 is 1.38 bits per heavy atom. The van der Waals surface area contributed by atoms with E-state index < -0.39 is 6.10 Å². The Morgan fingerprint density at radius 3 is 2.62 bits per heavy atom. The summed E-state index contributed by atoms with van der Waals surface area (Å²) in [6.45, 7) is 11.9. The number of nitrogens with zero attached hydrogens (tertiary/aromatic N) is 2. The van der Waals surface area contributed by atoms with E-state index in [0.717, 1.165) is 38.3 Å². The van der Waals surface area contributed by atoms with Crippen molar-refractivity contribution in [3.05, 3.63) is 29.1 Å². The average molecular weight is 294 g/mol. The molecule has 1 N–H and O–H groups in total. The molecule has 2 atom stereocenters. The Balaban J connectivity index is 2.25. The highest BCUT2D eigenvalue weighted by molar-refractivity contribution is 5.57. The topological polar surface area (TPSA) is 26.7 Å². The van der Waals surface area contributed by atoms with Crippen molar-refractivity contribution in [2.24, 2.45) is 0 Å². The van der Waals surface area contributed by atoms with Gasteiger partial charge >= 0.3 is 0 Å².